The number of aliphatic hydroxyl groups excluding tert-OH is 1. The van der Waals surface area contributed by atoms with E-state index in [4.69, 9.17) is 10.8 Å². The molecule has 0 aromatic carbocycles. The van der Waals surface area contributed by atoms with Gasteiger partial charge in [0, 0.05) is 18.6 Å². The van der Waals surface area contributed by atoms with Crippen molar-refractivity contribution in [3.63, 3.8) is 0 Å². The largest absolute Gasteiger partial charge is 0.392 e. The van der Waals surface area contributed by atoms with Crippen molar-refractivity contribution in [3.05, 3.63) is 0 Å². The fourth-order valence-corrected chi connectivity index (χ4v) is 0.652. The van der Waals surface area contributed by atoms with Crippen LogP contribution in [-0.4, -0.2) is 29.8 Å². The van der Waals surface area contributed by atoms with Gasteiger partial charge in [0.25, 0.3) is 0 Å². The number of hydrogen-bond acceptors (Lipinski definition) is 3. The summed E-state index contributed by atoms with van der Waals surface area (Å²) in [6.45, 7) is 6.62. The minimum Gasteiger partial charge on any atom is -0.392 e. The highest BCUT2D eigenvalue weighted by atomic mass is 16.3. The van der Waals surface area contributed by atoms with Crippen LogP contribution in [0.25, 0.3) is 0 Å². The molecule has 0 aliphatic carbocycles. The number of nitrogens with one attached hydrogen (secondary N) is 1. The maximum absolute atomic E-state index is 9.04. The van der Waals surface area contributed by atoms with Crippen LogP contribution in [0.1, 0.15) is 27.2 Å². The van der Waals surface area contributed by atoms with E-state index in [0.717, 1.165) is 6.42 Å². The second-order valence-electron chi connectivity index (χ2n) is 3.12. The SMILES string of the molecule is CCC(C)NCC(N)C(C)O. The van der Waals surface area contributed by atoms with Crippen molar-refractivity contribution in [1.82, 2.24) is 5.32 Å². The molecule has 0 bridgehead atoms. The molecule has 0 aromatic rings. The van der Waals surface area contributed by atoms with E-state index in [1.54, 1.807) is 6.92 Å². The predicted octanol–water partition coefficient (Wildman–Crippen LogP) is 0.0826. The van der Waals surface area contributed by atoms with Crippen molar-refractivity contribution < 1.29 is 5.11 Å². The molecule has 0 amide bonds. The van der Waals surface area contributed by atoms with Gasteiger partial charge < -0.3 is 16.2 Å². The average Bonchev–Trinajstić information content (AvgIpc) is 1.99. The third-order valence-electron chi connectivity index (χ3n) is 1.93. The van der Waals surface area contributed by atoms with Crippen LogP contribution in [0.3, 0.4) is 0 Å². The van der Waals surface area contributed by atoms with Gasteiger partial charge in [-0.15, -0.1) is 0 Å². The normalized spacial score (nSPS) is 19.4. The molecule has 3 unspecified atom stereocenters. The van der Waals surface area contributed by atoms with Crippen molar-refractivity contribution in [2.24, 2.45) is 5.73 Å². The molecular formula is C8H20N2O. The molecule has 0 rings (SSSR count). The molecule has 3 heteroatoms. The summed E-state index contributed by atoms with van der Waals surface area (Å²) in [4.78, 5) is 0. The topological polar surface area (TPSA) is 58.3 Å². The van der Waals surface area contributed by atoms with Gasteiger partial charge in [-0.1, -0.05) is 6.92 Å². The molecular weight excluding hydrogens is 140 g/mol. The Bertz CT molecular complexity index is 96.1. The van der Waals surface area contributed by atoms with Crippen LogP contribution in [0, 0.1) is 0 Å². The monoisotopic (exact) mass is 160 g/mol. The van der Waals surface area contributed by atoms with Gasteiger partial charge in [0.15, 0.2) is 0 Å². The van der Waals surface area contributed by atoms with E-state index >= 15 is 0 Å². The van der Waals surface area contributed by atoms with Gasteiger partial charge in [-0.2, -0.15) is 0 Å². The van der Waals surface area contributed by atoms with E-state index in [1.807, 2.05) is 0 Å². The molecule has 0 saturated heterocycles. The summed E-state index contributed by atoms with van der Waals surface area (Å²) < 4.78 is 0. The maximum Gasteiger partial charge on any atom is 0.0675 e. The minimum atomic E-state index is -0.424. The van der Waals surface area contributed by atoms with Crippen molar-refractivity contribution >= 4 is 0 Å². The predicted molar refractivity (Wildman–Crippen MR) is 47.4 cm³/mol. The molecule has 3 nitrogen and oxygen atoms in total. The highest BCUT2D eigenvalue weighted by molar-refractivity contribution is 4.71. The Morgan fingerprint density at radius 3 is 2.36 bits per heavy atom. The van der Waals surface area contributed by atoms with E-state index in [9.17, 15) is 0 Å². The highest BCUT2D eigenvalue weighted by Gasteiger charge is 2.09. The first-order valence-corrected chi connectivity index (χ1v) is 4.25. The number of hydrogen-bond donors (Lipinski definition) is 3. The van der Waals surface area contributed by atoms with Crippen molar-refractivity contribution in [1.29, 1.82) is 0 Å². The summed E-state index contributed by atoms with van der Waals surface area (Å²) in [5.41, 5.74) is 5.61. The number of rotatable bonds is 5. The van der Waals surface area contributed by atoms with Crippen LogP contribution < -0.4 is 11.1 Å². The Kier molecular flexibility index (Phi) is 5.46. The minimum absolute atomic E-state index is 0.149. The maximum atomic E-state index is 9.04. The van der Waals surface area contributed by atoms with Crippen molar-refractivity contribution in [2.75, 3.05) is 6.54 Å². The molecule has 68 valence electrons. The van der Waals surface area contributed by atoms with Crippen LogP contribution in [-0.2, 0) is 0 Å². The summed E-state index contributed by atoms with van der Waals surface area (Å²) in [7, 11) is 0. The number of nitrogens with two attached hydrogens (primary N) is 1. The lowest BCUT2D eigenvalue weighted by molar-refractivity contribution is 0.160. The molecule has 3 atom stereocenters. The molecule has 0 heterocycles. The van der Waals surface area contributed by atoms with E-state index < -0.39 is 6.10 Å². The Morgan fingerprint density at radius 1 is 1.45 bits per heavy atom. The van der Waals surface area contributed by atoms with Gasteiger partial charge >= 0.3 is 0 Å². The second-order valence-corrected chi connectivity index (χ2v) is 3.12. The summed E-state index contributed by atoms with van der Waals surface area (Å²) in [5, 5.41) is 12.3. The fourth-order valence-electron chi connectivity index (χ4n) is 0.652. The van der Waals surface area contributed by atoms with Gasteiger partial charge in [-0.25, -0.2) is 0 Å². The third kappa shape index (κ3) is 5.18. The Hall–Kier alpha value is -0.120. The lowest BCUT2D eigenvalue weighted by Crippen LogP contribution is -2.44. The van der Waals surface area contributed by atoms with Crippen molar-refractivity contribution in [2.45, 2.75) is 45.4 Å². The first-order valence-electron chi connectivity index (χ1n) is 4.25. The lowest BCUT2D eigenvalue weighted by Gasteiger charge is -2.18. The summed E-state index contributed by atoms with van der Waals surface area (Å²) >= 11 is 0. The van der Waals surface area contributed by atoms with Gasteiger partial charge in [-0.3, -0.25) is 0 Å². The van der Waals surface area contributed by atoms with E-state index in [2.05, 4.69) is 19.2 Å². The number of aliphatic hydroxyl groups is 1. The average molecular weight is 160 g/mol. The molecule has 0 radical (unpaired) electrons. The fraction of sp³-hybridized carbons (Fsp3) is 1.00. The van der Waals surface area contributed by atoms with Crippen LogP contribution in [0.5, 0.6) is 0 Å². The highest BCUT2D eigenvalue weighted by Crippen LogP contribution is 1.90. The van der Waals surface area contributed by atoms with E-state index in [1.165, 1.54) is 0 Å². The molecule has 4 N–H and O–H groups in total. The van der Waals surface area contributed by atoms with Crippen LogP contribution in [0.15, 0.2) is 0 Å². The molecule has 0 spiro atoms. The zero-order valence-corrected chi connectivity index (χ0v) is 7.67. The molecule has 0 saturated carbocycles. The summed E-state index contributed by atoms with van der Waals surface area (Å²) in [5.74, 6) is 0. The molecule has 0 aliphatic rings. The van der Waals surface area contributed by atoms with Gasteiger partial charge in [0.05, 0.1) is 6.10 Å². The zero-order chi connectivity index (χ0) is 8.85. The second kappa shape index (κ2) is 5.52. The molecule has 11 heavy (non-hydrogen) atoms. The molecule has 0 fully saturated rings. The standard InChI is InChI=1S/C8H20N2O/c1-4-6(2)10-5-8(9)7(3)11/h6-8,10-11H,4-5,9H2,1-3H3. The molecule has 0 aliphatic heterocycles. The third-order valence-corrected chi connectivity index (χ3v) is 1.93. The van der Waals surface area contributed by atoms with Crippen LogP contribution >= 0.6 is 0 Å². The summed E-state index contributed by atoms with van der Waals surface area (Å²) in [6.07, 6.45) is 0.665. The lowest BCUT2D eigenvalue weighted by atomic mass is 10.2. The smallest absolute Gasteiger partial charge is 0.0675 e. The molecule has 0 aromatic heterocycles. The zero-order valence-electron chi connectivity index (χ0n) is 7.67. The van der Waals surface area contributed by atoms with Gasteiger partial charge in [-0.05, 0) is 20.3 Å². The first-order chi connectivity index (χ1) is 5.07. The Balaban J connectivity index is 3.37. The quantitative estimate of drug-likeness (QED) is 0.534. The summed E-state index contributed by atoms with van der Waals surface area (Å²) in [6, 6.07) is 0.337. The van der Waals surface area contributed by atoms with Gasteiger partial charge in [0.2, 0.25) is 0 Å². The van der Waals surface area contributed by atoms with Crippen molar-refractivity contribution in [3.8, 4) is 0 Å². The Morgan fingerprint density at radius 2 is 2.00 bits per heavy atom. The van der Waals surface area contributed by atoms with E-state index in [-0.39, 0.29) is 6.04 Å². The first kappa shape index (κ1) is 10.9. The van der Waals surface area contributed by atoms with Crippen LogP contribution in [0.2, 0.25) is 0 Å². The Labute approximate surface area is 69.0 Å². The van der Waals surface area contributed by atoms with E-state index in [0.29, 0.717) is 12.6 Å². The van der Waals surface area contributed by atoms with Gasteiger partial charge in [0.1, 0.15) is 0 Å². The van der Waals surface area contributed by atoms with Crippen LogP contribution in [0.4, 0.5) is 0 Å².